The summed E-state index contributed by atoms with van der Waals surface area (Å²) in [7, 11) is 1.60. The predicted molar refractivity (Wildman–Crippen MR) is 107 cm³/mol. The summed E-state index contributed by atoms with van der Waals surface area (Å²) in [6, 6.07) is 8.18. The van der Waals surface area contributed by atoms with Crippen LogP contribution in [0.1, 0.15) is 24.0 Å². The van der Waals surface area contributed by atoms with Crippen LogP contribution in [-0.4, -0.2) is 26.4 Å². The molecule has 0 spiro atoms. The van der Waals surface area contributed by atoms with Gasteiger partial charge >= 0.3 is 0 Å². The normalized spacial score (nSPS) is 16.5. The van der Waals surface area contributed by atoms with E-state index >= 15 is 0 Å². The van der Waals surface area contributed by atoms with Gasteiger partial charge < -0.3 is 19.5 Å². The van der Waals surface area contributed by atoms with Crippen LogP contribution in [0.25, 0.3) is 0 Å². The van der Waals surface area contributed by atoms with E-state index in [4.69, 9.17) is 25.8 Å². The van der Waals surface area contributed by atoms with Gasteiger partial charge in [-0.1, -0.05) is 17.7 Å². The number of hydrogen-bond donors (Lipinski definition) is 1. The SMILES string of the molecule is COc1cc(CNC[C@@H]2CCCO2)cc(Br)c1OCc1ccc(F)cc1Cl. The summed E-state index contributed by atoms with van der Waals surface area (Å²) in [5.41, 5.74) is 1.78. The first-order valence-electron chi connectivity index (χ1n) is 8.82. The molecule has 1 aliphatic rings. The van der Waals surface area contributed by atoms with Gasteiger partial charge in [-0.3, -0.25) is 0 Å². The first-order valence-corrected chi connectivity index (χ1v) is 9.99. The van der Waals surface area contributed by atoms with Crippen molar-refractivity contribution in [2.24, 2.45) is 0 Å². The molecule has 0 unspecified atom stereocenters. The Hall–Kier alpha value is -1.34. The Morgan fingerprint density at radius 3 is 2.89 bits per heavy atom. The predicted octanol–water partition coefficient (Wildman–Crippen LogP) is 5.10. The highest BCUT2D eigenvalue weighted by Gasteiger charge is 2.16. The monoisotopic (exact) mass is 457 g/mol. The van der Waals surface area contributed by atoms with E-state index in [0.29, 0.717) is 34.7 Å². The summed E-state index contributed by atoms with van der Waals surface area (Å²) in [4.78, 5) is 0. The second kappa shape index (κ2) is 9.73. The van der Waals surface area contributed by atoms with Crippen LogP contribution in [0.3, 0.4) is 0 Å². The van der Waals surface area contributed by atoms with Gasteiger partial charge in [0.15, 0.2) is 11.5 Å². The molecule has 2 aromatic rings. The van der Waals surface area contributed by atoms with Crippen LogP contribution in [0.5, 0.6) is 11.5 Å². The fraction of sp³-hybridized carbons (Fsp3) is 0.400. The number of hydrogen-bond acceptors (Lipinski definition) is 4. The quantitative estimate of drug-likeness (QED) is 0.597. The van der Waals surface area contributed by atoms with Crippen molar-refractivity contribution in [1.82, 2.24) is 5.32 Å². The molecule has 27 heavy (non-hydrogen) atoms. The third-order valence-corrected chi connectivity index (χ3v) is 5.34. The molecule has 4 nitrogen and oxygen atoms in total. The molecule has 1 saturated heterocycles. The zero-order valence-electron chi connectivity index (χ0n) is 15.1. The Morgan fingerprint density at radius 1 is 1.33 bits per heavy atom. The van der Waals surface area contributed by atoms with Crippen LogP contribution in [0.4, 0.5) is 4.39 Å². The van der Waals surface area contributed by atoms with Crippen molar-refractivity contribution in [2.45, 2.75) is 32.1 Å². The third-order valence-electron chi connectivity index (χ3n) is 4.40. The molecule has 0 aromatic heterocycles. The van der Waals surface area contributed by atoms with Crippen molar-refractivity contribution >= 4 is 27.5 Å². The molecule has 3 rings (SSSR count). The van der Waals surface area contributed by atoms with E-state index in [0.717, 1.165) is 36.0 Å². The van der Waals surface area contributed by atoms with Crippen LogP contribution in [0.2, 0.25) is 5.02 Å². The average molecular weight is 459 g/mol. The Kier molecular flexibility index (Phi) is 7.35. The van der Waals surface area contributed by atoms with Crippen molar-refractivity contribution in [1.29, 1.82) is 0 Å². The van der Waals surface area contributed by atoms with Gasteiger partial charge in [-0.15, -0.1) is 0 Å². The molecule has 1 aliphatic heterocycles. The first kappa shape index (κ1) is 20.4. The highest BCUT2D eigenvalue weighted by Crippen LogP contribution is 2.37. The van der Waals surface area contributed by atoms with Gasteiger partial charge in [-0.05, 0) is 58.6 Å². The van der Waals surface area contributed by atoms with Crippen molar-refractivity contribution in [3.8, 4) is 11.5 Å². The average Bonchev–Trinajstić information content (AvgIpc) is 3.15. The lowest BCUT2D eigenvalue weighted by molar-refractivity contribution is 0.110. The lowest BCUT2D eigenvalue weighted by Crippen LogP contribution is -2.25. The van der Waals surface area contributed by atoms with Gasteiger partial charge in [0.05, 0.1) is 22.7 Å². The van der Waals surface area contributed by atoms with Crippen LogP contribution in [-0.2, 0) is 17.9 Å². The molecule has 0 amide bonds. The summed E-state index contributed by atoms with van der Waals surface area (Å²) >= 11 is 9.61. The first-order chi connectivity index (χ1) is 13.1. The maximum Gasteiger partial charge on any atom is 0.175 e. The number of methoxy groups -OCH3 is 1. The zero-order valence-corrected chi connectivity index (χ0v) is 17.4. The van der Waals surface area contributed by atoms with Crippen LogP contribution < -0.4 is 14.8 Å². The molecule has 2 aromatic carbocycles. The van der Waals surface area contributed by atoms with E-state index in [1.54, 1.807) is 13.2 Å². The summed E-state index contributed by atoms with van der Waals surface area (Å²) in [5, 5.41) is 3.75. The number of ether oxygens (including phenoxy) is 3. The van der Waals surface area contributed by atoms with Gasteiger partial charge in [-0.2, -0.15) is 0 Å². The second-order valence-electron chi connectivity index (χ2n) is 6.40. The van der Waals surface area contributed by atoms with E-state index in [1.807, 2.05) is 12.1 Å². The molecule has 1 fully saturated rings. The van der Waals surface area contributed by atoms with E-state index in [9.17, 15) is 4.39 Å². The van der Waals surface area contributed by atoms with Crippen LogP contribution in [0.15, 0.2) is 34.8 Å². The number of halogens is 3. The summed E-state index contributed by atoms with van der Waals surface area (Å²) in [5.74, 6) is 0.833. The van der Waals surface area contributed by atoms with E-state index in [1.165, 1.54) is 12.1 Å². The number of benzene rings is 2. The molecule has 146 valence electrons. The topological polar surface area (TPSA) is 39.7 Å². The maximum atomic E-state index is 13.2. The summed E-state index contributed by atoms with van der Waals surface area (Å²) in [6.45, 7) is 2.61. The van der Waals surface area contributed by atoms with Crippen LogP contribution in [0, 0.1) is 5.82 Å². The highest BCUT2D eigenvalue weighted by atomic mass is 79.9. The highest BCUT2D eigenvalue weighted by molar-refractivity contribution is 9.10. The Bertz CT molecular complexity index is 784. The molecule has 1 atom stereocenters. The van der Waals surface area contributed by atoms with Gasteiger partial charge in [-0.25, -0.2) is 4.39 Å². The van der Waals surface area contributed by atoms with Crippen molar-refractivity contribution in [2.75, 3.05) is 20.3 Å². The Morgan fingerprint density at radius 2 is 2.19 bits per heavy atom. The van der Waals surface area contributed by atoms with Crippen molar-refractivity contribution < 1.29 is 18.6 Å². The van der Waals surface area contributed by atoms with Gasteiger partial charge in [0.1, 0.15) is 12.4 Å². The molecular formula is C20H22BrClFNO3. The van der Waals surface area contributed by atoms with Gasteiger partial charge in [0.25, 0.3) is 0 Å². The zero-order chi connectivity index (χ0) is 19.2. The van der Waals surface area contributed by atoms with E-state index < -0.39 is 0 Å². The number of nitrogens with one attached hydrogen (secondary N) is 1. The Balaban J connectivity index is 1.64. The van der Waals surface area contributed by atoms with Gasteiger partial charge in [0, 0.05) is 25.3 Å². The lowest BCUT2D eigenvalue weighted by atomic mass is 10.2. The molecule has 7 heteroatoms. The van der Waals surface area contributed by atoms with E-state index in [-0.39, 0.29) is 12.4 Å². The fourth-order valence-electron chi connectivity index (χ4n) is 2.99. The van der Waals surface area contributed by atoms with Crippen LogP contribution >= 0.6 is 27.5 Å². The largest absolute Gasteiger partial charge is 0.493 e. The molecule has 0 aliphatic carbocycles. The maximum absolute atomic E-state index is 13.2. The van der Waals surface area contributed by atoms with E-state index in [2.05, 4.69) is 21.2 Å². The summed E-state index contributed by atoms with van der Waals surface area (Å²) in [6.07, 6.45) is 2.55. The molecular weight excluding hydrogens is 437 g/mol. The number of rotatable bonds is 8. The van der Waals surface area contributed by atoms with Gasteiger partial charge in [0.2, 0.25) is 0 Å². The molecule has 1 N–H and O–H groups in total. The molecule has 0 bridgehead atoms. The van der Waals surface area contributed by atoms with Crippen molar-refractivity contribution in [3.63, 3.8) is 0 Å². The minimum absolute atomic E-state index is 0.213. The standard InChI is InChI=1S/C20H22BrClFNO3/c1-25-19-8-13(10-24-11-16-3-2-6-26-16)7-17(21)20(19)27-12-14-4-5-15(23)9-18(14)22/h4-5,7-9,16,24H,2-3,6,10-12H2,1H3/t16-/m0/s1. The molecule has 1 heterocycles. The summed E-state index contributed by atoms with van der Waals surface area (Å²) < 4.78 is 30.9. The molecule has 0 radical (unpaired) electrons. The lowest BCUT2D eigenvalue weighted by Gasteiger charge is -2.16. The fourth-order valence-corrected chi connectivity index (χ4v) is 3.81. The minimum atomic E-state index is -0.373. The smallest absolute Gasteiger partial charge is 0.175 e. The van der Waals surface area contributed by atoms with Crippen molar-refractivity contribution in [3.05, 3.63) is 56.8 Å². The molecule has 0 saturated carbocycles. The Labute approximate surface area is 172 Å². The minimum Gasteiger partial charge on any atom is -0.493 e. The third kappa shape index (κ3) is 5.57. The second-order valence-corrected chi connectivity index (χ2v) is 7.66.